The molecule has 0 bridgehead atoms. The van der Waals surface area contributed by atoms with Crippen molar-refractivity contribution in [2.75, 3.05) is 26.3 Å². The first-order valence-corrected chi connectivity index (χ1v) is 8.30. The summed E-state index contributed by atoms with van der Waals surface area (Å²) >= 11 is 0. The number of likely N-dealkylation sites (tertiary alicyclic amines) is 1. The number of nitriles is 1. The summed E-state index contributed by atoms with van der Waals surface area (Å²) in [7, 11) is 0. The maximum absolute atomic E-state index is 13.5. The Morgan fingerprint density at radius 2 is 1.88 bits per heavy atom. The second-order valence-corrected chi connectivity index (χ2v) is 6.77. The fourth-order valence-electron chi connectivity index (χ4n) is 4.00. The molecule has 2 aliphatic heterocycles. The normalized spacial score (nSPS) is 23.3. The Labute approximate surface area is 144 Å². The summed E-state index contributed by atoms with van der Waals surface area (Å²) in [6.07, 6.45) is -3.71. The average molecular weight is 352 g/mol. The van der Waals surface area contributed by atoms with Crippen LogP contribution in [0.4, 0.5) is 13.2 Å². The van der Waals surface area contributed by atoms with E-state index in [0.29, 0.717) is 37.2 Å². The molecular formula is C18H19F3N2O2. The number of alkyl halides is 3. The quantitative estimate of drug-likeness (QED) is 0.779. The molecule has 2 heterocycles. The molecule has 1 atom stereocenters. The molecule has 1 spiro atoms. The van der Waals surface area contributed by atoms with E-state index in [9.17, 15) is 18.0 Å². The summed E-state index contributed by atoms with van der Waals surface area (Å²) < 4.78 is 45.9. The predicted octanol–water partition coefficient (Wildman–Crippen LogP) is 3.38. The van der Waals surface area contributed by atoms with Gasteiger partial charge in [0, 0.05) is 37.3 Å². The van der Waals surface area contributed by atoms with Gasteiger partial charge in [0.25, 0.3) is 5.91 Å². The van der Waals surface area contributed by atoms with Crippen molar-refractivity contribution in [2.45, 2.75) is 25.4 Å². The number of rotatable bonds is 1. The van der Waals surface area contributed by atoms with E-state index in [1.807, 2.05) is 6.07 Å². The van der Waals surface area contributed by atoms with Crippen molar-refractivity contribution >= 4 is 5.91 Å². The maximum Gasteiger partial charge on any atom is 0.392 e. The molecule has 1 unspecified atom stereocenters. The van der Waals surface area contributed by atoms with Crippen molar-refractivity contribution in [2.24, 2.45) is 11.3 Å². The molecule has 2 aliphatic rings. The Morgan fingerprint density at radius 1 is 1.24 bits per heavy atom. The largest absolute Gasteiger partial charge is 0.392 e. The molecule has 134 valence electrons. The number of piperidine rings is 1. The summed E-state index contributed by atoms with van der Waals surface area (Å²) in [4.78, 5) is 14.2. The highest BCUT2D eigenvalue weighted by atomic mass is 19.4. The molecule has 0 radical (unpaired) electrons. The zero-order valence-corrected chi connectivity index (χ0v) is 13.7. The molecule has 1 amide bonds. The third kappa shape index (κ3) is 3.49. The molecule has 1 aromatic carbocycles. The highest BCUT2D eigenvalue weighted by molar-refractivity contribution is 5.94. The number of amides is 1. The fraction of sp³-hybridized carbons (Fsp3) is 0.556. The molecule has 4 nitrogen and oxygen atoms in total. The van der Waals surface area contributed by atoms with Gasteiger partial charge < -0.3 is 9.64 Å². The Hall–Kier alpha value is -2.07. The Morgan fingerprint density at radius 3 is 2.44 bits per heavy atom. The number of carbonyl (C=O) groups excluding carboxylic acids is 1. The third-order valence-electron chi connectivity index (χ3n) is 5.36. The van der Waals surface area contributed by atoms with E-state index in [-0.39, 0.29) is 25.4 Å². The lowest BCUT2D eigenvalue weighted by Gasteiger charge is -2.50. The monoisotopic (exact) mass is 352 g/mol. The van der Waals surface area contributed by atoms with Gasteiger partial charge in [0.1, 0.15) is 0 Å². The molecule has 0 N–H and O–H groups in total. The van der Waals surface area contributed by atoms with E-state index >= 15 is 0 Å². The Balaban J connectivity index is 1.82. The second kappa shape index (κ2) is 6.68. The third-order valence-corrected chi connectivity index (χ3v) is 5.36. The van der Waals surface area contributed by atoms with Crippen LogP contribution in [0.3, 0.4) is 0 Å². The van der Waals surface area contributed by atoms with Gasteiger partial charge in [-0.3, -0.25) is 4.79 Å². The zero-order valence-electron chi connectivity index (χ0n) is 13.7. The van der Waals surface area contributed by atoms with Gasteiger partial charge >= 0.3 is 6.18 Å². The topological polar surface area (TPSA) is 53.3 Å². The summed E-state index contributed by atoms with van der Waals surface area (Å²) in [6, 6.07) is 8.16. The van der Waals surface area contributed by atoms with Crippen LogP contribution in [0.5, 0.6) is 0 Å². The van der Waals surface area contributed by atoms with E-state index in [2.05, 4.69) is 0 Å². The number of hydrogen-bond donors (Lipinski definition) is 0. The molecule has 7 heteroatoms. The minimum absolute atomic E-state index is 0.0779. The Kier molecular flexibility index (Phi) is 4.74. The number of benzene rings is 1. The molecule has 0 saturated carbocycles. The van der Waals surface area contributed by atoms with Crippen LogP contribution in [0, 0.1) is 22.7 Å². The van der Waals surface area contributed by atoms with Gasteiger partial charge in [-0.05, 0) is 43.5 Å². The van der Waals surface area contributed by atoms with Crippen LogP contribution >= 0.6 is 0 Å². The second-order valence-electron chi connectivity index (χ2n) is 6.77. The van der Waals surface area contributed by atoms with Gasteiger partial charge in [0.2, 0.25) is 0 Å². The van der Waals surface area contributed by atoms with Gasteiger partial charge in [0.15, 0.2) is 0 Å². The van der Waals surface area contributed by atoms with Crippen molar-refractivity contribution in [3.63, 3.8) is 0 Å². The summed E-state index contributed by atoms with van der Waals surface area (Å²) in [5.74, 6) is -1.68. The van der Waals surface area contributed by atoms with E-state index in [4.69, 9.17) is 10.00 Å². The first-order valence-electron chi connectivity index (χ1n) is 8.30. The standard InChI is InChI=1S/C18H19F3N2O2/c19-18(20,21)15-5-8-23(12-17(15)6-9-25-10-7-17)16(24)14-3-1-13(11-22)2-4-14/h1-4,15H,5-10,12H2. The molecule has 2 saturated heterocycles. The highest BCUT2D eigenvalue weighted by Crippen LogP contribution is 2.51. The van der Waals surface area contributed by atoms with Crippen LogP contribution in [0.1, 0.15) is 35.2 Å². The Bertz CT molecular complexity index is 673. The van der Waals surface area contributed by atoms with E-state index in [0.717, 1.165) is 0 Å². The first kappa shape index (κ1) is 17.7. The van der Waals surface area contributed by atoms with Crippen LogP contribution in [0.2, 0.25) is 0 Å². The van der Waals surface area contributed by atoms with Crippen LogP contribution in [0.25, 0.3) is 0 Å². The molecule has 3 rings (SSSR count). The van der Waals surface area contributed by atoms with Gasteiger partial charge in [-0.2, -0.15) is 18.4 Å². The number of hydrogen-bond acceptors (Lipinski definition) is 3. The van der Waals surface area contributed by atoms with E-state index in [1.54, 1.807) is 24.3 Å². The molecule has 0 aliphatic carbocycles. The van der Waals surface area contributed by atoms with Gasteiger partial charge in [-0.1, -0.05) is 0 Å². The van der Waals surface area contributed by atoms with Crippen molar-refractivity contribution in [3.8, 4) is 6.07 Å². The number of carbonyl (C=O) groups is 1. The summed E-state index contributed by atoms with van der Waals surface area (Å²) in [5, 5.41) is 8.82. The van der Waals surface area contributed by atoms with Crippen LogP contribution in [-0.4, -0.2) is 43.3 Å². The summed E-state index contributed by atoms with van der Waals surface area (Å²) in [5.41, 5.74) is -0.128. The van der Waals surface area contributed by atoms with Crippen LogP contribution < -0.4 is 0 Å². The minimum Gasteiger partial charge on any atom is -0.381 e. The van der Waals surface area contributed by atoms with Gasteiger partial charge in [-0.25, -0.2) is 0 Å². The predicted molar refractivity (Wildman–Crippen MR) is 83.7 cm³/mol. The average Bonchev–Trinajstić information content (AvgIpc) is 2.60. The lowest BCUT2D eigenvalue weighted by Crippen LogP contribution is -2.56. The SMILES string of the molecule is N#Cc1ccc(C(=O)N2CCC(C(F)(F)F)C3(CCOCC3)C2)cc1. The number of nitrogens with zero attached hydrogens (tertiary/aromatic N) is 2. The summed E-state index contributed by atoms with van der Waals surface area (Å²) in [6.45, 7) is 0.780. The molecule has 2 fully saturated rings. The first-order chi connectivity index (χ1) is 11.9. The van der Waals surface area contributed by atoms with Crippen LogP contribution in [-0.2, 0) is 4.74 Å². The minimum atomic E-state index is -4.26. The lowest BCUT2D eigenvalue weighted by molar-refractivity contribution is -0.232. The van der Waals surface area contributed by atoms with Gasteiger partial charge in [-0.15, -0.1) is 0 Å². The van der Waals surface area contributed by atoms with Crippen molar-refractivity contribution in [1.82, 2.24) is 4.90 Å². The number of ether oxygens (including phenoxy) is 1. The molecule has 1 aromatic rings. The molecule has 0 aromatic heterocycles. The maximum atomic E-state index is 13.5. The highest BCUT2D eigenvalue weighted by Gasteiger charge is 2.56. The van der Waals surface area contributed by atoms with Crippen LogP contribution in [0.15, 0.2) is 24.3 Å². The molecule has 25 heavy (non-hydrogen) atoms. The zero-order chi connectivity index (χ0) is 18.1. The van der Waals surface area contributed by atoms with E-state index in [1.165, 1.54) is 4.90 Å². The van der Waals surface area contributed by atoms with Gasteiger partial charge in [0.05, 0.1) is 17.6 Å². The molecular weight excluding hydrogens is 333 g/mol. The lowest BCUT2D eigenvalue weighted by atomic mass is 9.65. The van der Waals surface area contributed by atoms with Crippen molar-refractivity contribution in [1.29, 1.82) is 5.26 Å². The van der Waals surface area contributed by atoms with Crippen molar-refractivity contribution < 1.29 is 22.7 Å². The number of halogens is 3. The van der Waals surface area contributed by atoms with Crippen molar-refractivity contribution in [3.05, 3.63) is 35.4 Å². The smallest absolute Gasteiger partial charge is 0.381 e. The van der Waals surface area contributed by atoms with E-state index < -0.39 is 17.5 Å². The fourth-order valence-corrected chi connectivity index (χ4v) is 4.00.